The number of guanidine groups is 1. The Morgan fingerprint density at radius 3 is 2.27 bits per heavy atom. The standard InChI is InChI=1S/C26H41N7O3S/c1-26(2,3)33-17-15-32(16-18-33)24(34)21(11-8-14-29-25(27)28)30-37(35,36)23-13-7-9-19-20(23)10-6-12-22(19)31(4)5/h6-7,9-10,12-13,21,30H,8,11,14-18H2,1-5H3,(H4,27,28,29)/t21-/m0/s1. The maximum Gasteiger partial charge on any atom is 0.241 e. The van der Waals surface area contributed by atoms with Gasteiger partial charge in [0.05, 0.1) is 4.90 Å². The highest BCUT2D eigenvalue weighted by atomic mass is 32.2. The fourth-order valence-corrected chi connectivity index (χ4v) is 6.14. The number of anilines is 1. The minimum Gasteiger partial charge on any atom is -0.377 e. The van der Waals surface area contributed by atoms with Gasteiger partial charge in [-0.2, -0.15) is 4.72 Å². The van der Waals surface area contributed by atoms with Gasteiger partial charge in [0.15, 0.2) is 5.96 Å². The second-order valence-electron chi connectivity index (χ2n) is 10.6. The van der Waals surface area contributed by atoms with Crippen LogP contribution in [0.3, 0.4) is 0 Å². The normalized spacial score (nSPS) is 16.0. The Hall–Kier alpha value is -2.89. The van der Waals surface area contributed by atoms with Crippen molar-refractivity contribution in [2.24, 2.45) is 16.5 Å². The number of rotatable bonds is 9. The molecule has 204 valence electrons. The number of piperazine rings is 1. The molecule has 5 N–H and O–H groups in total. The Balaban J connectivity index is 1.87. The van der Waals surface area contributed by atoms with Gasteiger partial charge in [0.2, 0.25) is 15.9 Å². The van der Waals surface area contributed by atoms with Crippen molar-refractivity contribution in [2.45, 2.75) is 50.1 Å². The number of benzene rings is 2. The first kappa shape index (κ1) is 28.7. The van der Waals surface area contributed by atoms with Gasteiger partial charge in [0.1, 0.15) is 6.04 Å². The van der Waals surface area contributed by atoms with E-state index < -0.39 is 16.1 Å². The molecule has 0 aliphatic carbocycles. The van der Waals surface area contributed by atoms with E-state index in [4.69, 9.17) is 11.5 Å². The molecule has 0 bridgehead atoms. The highest BCUT2D eigenvalue weighted by Gasteiger charge is 2.33. The molecule has 11 heteroatoms. The fourth-order valence-electron chi connectivity index (χ4n) is 4.69. The maximum atomic E-state index is 13.7. The van der Waals surface area contributed by atoms with Gasteiger partial charge >= 0.3 is 0 Å². The quantitative estimate of drug-likeness (QED) is 0.254. The van der Waals surface area contributed by atoms with Crippen LogP contribution in [-0.2, 0) is 14.8 Å². The third kappa shape index (κ3) is 7.12. The van der Waals surface area contributed by atoms with Gasteiger partial charge < -0.3 is 21.3 Å². The summed E-state index contributed by atoms with van der Waals surface area (Å²) >= 11 is 0. The zero-order valence-electron chi connectivity index (χ0n) is 22.6. The van der Waals surface area contributed by atoms with Crippen molar-refractivity contribution in [1.29, 1.82) is 0 Å². The van der Waals surface area contributed by atoms with E-state index in [1.165, 1.54) is 0 Å². The van der Waals surface area contributed by atoms with Crippen LogP contribution in [0.4, 0.5) is 5.69 Å². The highest BCUT2D eigenvalue weighted by molar-refractivity contribution is 7.89. The lowest BCUT2D eigenvalue weighted by molar-refractivity contribution is -0.135. The third-order valence-corrected chi connectivity index (χ3v) is 8.24. The Morgan fingerprint density at radius 2 is 1.68 bits per heavy atom. The molecule has 1 fully saturated rings. The minimum absolute atomic E-state index is 0.00998. The van der Waals surface area contributed by atoms with Gasteiger partial charge in [-0.05, 0) is 45.7 Å². The zero-order valence-corrected chi connectivity index (χ0v) is 23.4. The Kier molecular flexibility index (Phi) is 9.04. The molecule has 1 aliphatic rings. The van der Waals surface area contributed by atoms with E-state index in [1.807, 2.05) is 37.2 Å². The summed E-state index contributed by atoms with van der Waals surface area (Å²) in [5.41, 5.74) is 11.8. The number of hydrogen-bond donors (Lipinski definition) is 3. The number of nitrogens with zero attached hydrogens (tertiary/aromatic N) is 4. The highest BCUT2D eigenvalue weighted by Crippen LogP contribution is 2.30. The van der Waals surface area contributed by atoms with Crippen LogP contribution in [0.2, 0.25) is 0 Å². The van der Waals surface area contributed by atoms with Gasteiger partial charge in [-0.15, -0.1) is 0 Å². The minimum atomic E-state index is -4.01. The summed E-state index contributed by atoms with van der Waals surface area (Å²) in [5.74, 6) is -0.259. The summed E-state index contributed by atoms with van der Waals surface area (Å²) in [7, 11) is -0.180. The van der Waals surface area contributed by atoms with Crippen LogP contribution in [0.25, 0.3) is 10.8 Å². The van der Waals surface area contributed by atoms with Crippen molar-refractivity contribution in [2.75, 3.05) is 51.7 Å². The molecular weight excluding hydrogens is 490 g/mol. The average Bonchev–Trinajstić information content (AvgIpc) is 2.83. The van der Waals surface area contributed by atoms with E-state index in [-0.39, 0.29) is 28.7 Å². The molecule has 0 spiro atoms. The van der Waals surface area contributed by atoms with Crippen LogP contribution >= 0.6 is 0 Å². The lowest BCUT2D eigenvalue weighted by Crippen LogP contribution is -2.58. The van der Waals surface area contributed by atoms with Crippen LogP contribution < -0.4 is 21.1 Å². The molecule has 0 saturated carbocycles. The molecule has 3 rings (SSSR count). The lowest BCUT2D eigenvalue weighted by atomic mass is 10.0. The first-order valence-electron chi connectivity index (χ1n) is 12.6. The molecule has 0 aromatic heterocycles. The predicted molar refractivity (Wildman–Crippen MR) is 150 cm³/mol. The molecule has 1 amide bonds. The van der Waals surface area contributed by atoms with Crippen LogP contribution in [-0.4, -0.2) is 88.5 Å². The molecule has 0 radical (unpaired) electrons. The predicted octanol–water partition coefficient (Wildman–Crippen LogP) is 1.55. The SMILES string of the molecule is CN(C)c1cccc2c(S(=O)(=O)N[C@@H](CCCN=C(N)N)C(=O)N3CCN(C(C)(C)C)CC3)cccc12. The largest absolute Gasteiger partial charge is 0.377 e. The van der Waals surface area contributed by atoms with Crippen LogP contribution in [0.1, 0.15) is 33.6 Å². The number of carbonyl (C=O) groups excluding carboxylic acids is 1. The van der Waals surface area contributed by atoms with E-state index >= 15 is 0 Å². The smallest absolute Gasteiger partial charge is 0.241 e. The number of aliphatic imine (C=N–C) groups is 1. The summed E-state index contributed by atoms with van der Waals surface area (Å²) < 4.78 is 30.1. The summed E-state index contributed by atoms with van der Waals surface area (Å²) in [5, 5.41) is 1.43. The lowest BCUT2D eigenvalue weighted by Gasteiger charge is -2.43. The van der Waals surface area contributed by atoms with E-state index in [1.54, 1.807) is 23.1 Å². The van der Waals surface area contributed by atoms with E-state index in [0.29, 0.717) is 31.4 Å². The van der Waals surface area contributed by atoms with Crippen molar-refractivity contribution in [3.63, 3.8) is 0 Å². The summed E-state index contributed by atoms with van der Waals surface area (Å²) in [6.45, 7) is 9.32. The molecule has 1 aliphatic heterocycles. The zero-order chi connectivity index (χ0) is 27.4. The average molecular weight is 532 g/mol. The molecule has 0 unspecified atom stereocenters. The van der Waals surface area contributed by atoms with Gasteiger partial charge in [-0.1, -0.05) is 24.3 Å². The summed E-state index contributed by atoms with van der Waals surface area (Å²) in [4.78, 5) is 23.7. The number of amides is 1. The Bertz CT molecular complexity index is 1230. The monoisotopic (exact) mass is 531 g/mol. The van der Waals surface area contributed by atoms with Gasteiger partial charge in [-0.3, -0.25) is 14.7 Å². The second kappa shape index (κ2) is 11.7. The number of hydrogen-bond acceptors (Lipinski definition) is 6. The second-order valence-corrected chi connectivity index (χ2v) is 12.3. The van der Waals surface area contributed by atoms with Crippen LogP contribution in [0, 0.1) is 0 Å². The van der Waals surface area contributed by atoms with Gasteiger partial charge in [0, 0.05) is 68.8 Å². The molecule has 1 atom stereocenters. The molecule has 2 aromatic carbocycles. The van der Waals surface area contributed by atoms with Crippen LogP contribution in [0.15, 0.2) is 46.3 Å². The number of nitrogens with two attached hydrogens (primary N) is 2. The van der Waals surface area contributed by atoms with Gasteiger partial charge in [-0.25, -0.2) is 8.42 Å². The first-order chi connectivity index (χ1) is 17.3. The topological polar surface area (TPSA) is 137 Å². The first-order valence-corrected chi connectivity index (χ1v) is 14.1. The maximum absolute atomic E-state index is 13.7. The number of carbonyl (C=O) groups is 1. The number of fused-ring (bicyclic) bond motifs is 1. The Labute approximate surface area is 220 Å². The molecule has 10 nitrogen and oxygen atoms in total. The van der Waals surface area contributed by atoms with E-state index in [0.717, 1.165) is 24.2 Å². The van der Waals surface area contributed by atoms with Crippen molar-refractivity contribution in [3.05, 3.63) is 36.4 Å². The van der Waals surface area contributed by atoms with Crippen molar-refractivity contribution < 1.29 is 13.2 Å². The summed E-state index contributed by atoms with van der Waals surface area (Å²) in [6, 6.07) is 9.85. The number of nitrogens with one attached hydrogen (secondary N) is 1. The van der Waals surface area contributed by atoms with Crippen LogP contribution in [0.5, 0.6) is 0 Å². The third-order valence-electron chi connectivity index (χ3n) is 6.71. The number of sulfonamides is 1. The molecule has 2 aromatic rings. The Morgan fingerprint density at radius 1 is 1.05 bits per heavy atom. The fraction of sp³-hybridized carbons (Fsp3) is 0.538. The van der Waals surface area contributed by atoms with Crippen molar-refractivity contribution in [1.82, 2.24) is 14.5 Å². The summed E-state index contributed by atoms with van der Waals surface area (Å²) in [6.07, 6.45) is 0.737. The molecule has 37 heavy (non-hydrogen) atoms. The van der Waals surface area contributed by atoms with Gasteiger partial charge in [0.25, 0.3) is 0 Å². The molecule has 1 saturated heterocycles. The van der Waals surface area contributed by atoms with Crippen molar-refractivity contribution in [3.8, 4) is 0 Å². The molecule has 1 heterocycles. The van der Waals surface area contributed by atoms with E-state index in [2.05, 4.69) is 35.4 Å². The van der Waals surface area contributed by atoms with Crippen molar-refractivity contribution >= 4 is 38.3 Å². The van der Waals surface area contributed by atoms with E-state index in [9.17, 15) is 13.2 Å². The molecular formula is C26H41N7O3S.